The van der Waals surface area contributed by atoms with Crippen molar-refractivity contribution in [2.45, 2.75) is 38.7 Å². The Morgan fingerprint density at radius 2 is 1.60 bits per heavy atom. The predicted octanol–water partition coefficient (Wildman–Crippen LogP) is 4.61. The summed E-state index contributed by atoms with van der Waals surface area (Å²) in [7, 11) is 0. The molecule has 0 saturated carbocycles. The Morgan fingerprint density at radius 1 is 0.950 bits per heavy atom. The van der Waals surface area contributed by atoms with Crippen LogP contribution in [0.3, 0.4) is 0 Å². The highest BCUT2D eigenvalue weighted by Crippen LogP contribution is 2.29. The number of aliphatic hydroxyl groups is 1. The molecule has 0 aliphatic heterocycles. The third kappa shape index (κ3) is 2.61. The van der Waals surface area contributed by atoms with Gasteiger partial charge in [0, 0.05) is 5.02 Å². The summed E-state index contributed by atoms with van der Waals surface area (Å²) in [6.07, 6.45) is 4.23. The molecule has 2 aromatic rings. The highest BCUT2D eigenvalue weighted by Gasteiger charge is 2.15. The van der Waals surface area contributed by atoms with Crippen LogP contribution in [0.5, 0.6) is 0 Å². The van der Waals surface area contributed by atoms with Crippen molar-refractivity contribution in [3.8, 4) is 0 Å². The lowest BCUT2D eigenvalue weighted by atomic mass is 9.88. The fourth-order valence-corrected chi connectivity index (χ4v) is 3.08. The lowest BCUT2D eigenvalue weighted by Gasteiger charge is -2.19. The minimum Gasteiger partial charge on any atom is -0.384 e. The van der Waals surface area contributed by atoms with E-state index >= 15 is 0 Å². The van der Waals surface area contributed by atoms with Gasteiger partial charge >= 0.3 is 0 Å². The fraction of sp³-hybridized carbons (Fsp3) is 0.333. The minimum absolute atomic E-state index is 0.597. The van der Waals surface area contributed by atoms with E-state index in [-0.39, 0.29) is 0 Å². The average Bonchev–Trinajstić information content (AvgIpc) is 2.49. The summed E-state index contributed by atoms with van der Waals surface area (Å²) in [5.74, 6) is 0. The molecule has 1 N–H and O–H groups in total. The first-order chi connectivity index (χ1) is 9.65. The minimum atomic E-state index is -0.597. The van der Waals surface area contributed by atoms with E-state index in [9.17, 15) is 5.11 Å². The lowest BCUT2D eigenvalue weighted by molar-refractivity contribution is 0.220. The van der Waals surface area contributed by atoms with Crippen LogP contribution < -0.4 is 0 Å². The smallest absolute Gasteiger partial charge is 0.104 e. The zero-order valence-electron chi connectivity index (χ0n) is 11.7. The number of hydrogen-bond acceptors (Lipinski definition) is 1. The maximum Gasteiger partial charge on any atom is 0.104 e. The summed E-state index contributed by atoms with van der Waals surface area (Å²) in [6, 6.07) is 12.1. The van der Waals surface area contributed by atoms with Crippen molar-refractivity contribution in [1.82, 2.24) is 0 Å². The Balaban J connectivity index is 1.93. The molecule has 1 aliphatic rings. The standard InChI is InChI=1S/C18H19ClO/c1-12-6-7-16(11-17(12)19)18(20)15-9-8-13-4-2-3-5-14(13)10-15/h6-11,18,20H,2-5H2,1H3. The third-order valence-electron chi connectivity index (χ3n) is 4.20. The topological polar surface area (TPSA) is 20.2 Å². The molecule has 0 heterocycles. The molecule has 0 aromatic heterocycles. The van der Waals surface area contributed by atoms with E-state index < -0.39 is 6.10 Å². The second-order valence-electron chi connectivity index (χ2n) is 5.65. The first-order valence-corrected chi connectivity index (χ1v) is 7.59. The molecule has 1 atom stereocenters. The van der Waals surface area contributed by atoms with E-state index in [0.29, 0.717) is 5.02 Å². The summed E-state index contributed by atoms with van der Waals surface area (Å²) in [4.78, 5) is 0. The molecule has 2 aromatic carbocycles. The Bertz CT molecular complexity index is 633. The van der Waals surface area contributed by atoms with Crippen molar-refractivity contribution in [2.75, 3.05) is 0 Å². The third-order valence-corrected chi connectivity index (χ3v) is 4.61. The van der Waals surface area contributed by atoms with E-state index in [2.05, 4.69) is 12.1 Å². The second kappa shape index (κ2) is 5.59. The maximum atomic E-state index is 10.6. The lowest BCUT2D eigenvalue weighted by Crippen LogP contribution is -2.06. The van der Waals surface area contributed by atoms with Crippen molar-refractivity contribution >= 4 is 11.6 Å². The maximum absolute atomic E-state index is 10.6. The summed E-state index contributed by atoms with van der Waals surface area (Å²) in [5.41, 5.74) is 5.69. The largest absolute Gasteiger partial charge is 0.384 e. The number of fused-ring (bicyclic) bond motifs is 1. The van der Waals surface area contributed by atoms with Gasteiger partial charge in [0.25, 0.3) is 0 Å². The van der Waals surface area contributed by atoms with Crippen molar-refractivity contribution < 1.29 is 5.11 Å². The predicted molar refractivity (Wildman–Crippen MR) is 83.3 cm³/mol. The molecular weight excluding hydrogens is 268 g/mol. The Hall–Kier alpha value is -1.31. The van der Waals surface area contributed by atoms with Crippen LogP contribution in [0, 0.1) is 6.92 Å². The Kier molecular flexibility index (Phi) is 3.82. The number of halogens is 1. The molecular formula is C18H19ClO. The van der Waals surface area contributed by atoms with Crippen molar-refractivity contribution in [2.24, 2.45) is 0 Å². The van der Waals surface area contributed by atoms with Crippen LogP contribution in [0.4, 0.5) is 0 Å². The van der Waals surface area contributed by atoms with Gasteiger partial charge in [-0.05, 0) is 66.5 Å². The van der Waals surface area contributed by atoms with E-state index in [4.69, 9.17) is 11.6 Å². The van der Waals surface area contributed by atoms with Crippen molar-refractivity contribution in [3.63, 3.8) is 0 Å². The van der Waals surface area contributed by atoms with Gasteiger partial charge in [-0.1, -0.05) is 41.9 Å². The summed E-state index contributed by atoms with van der Waals surface area (Å²) in [6.45, 7) is 1.97. The van der Waals surface area contributed by atoms with Crippen LogP contribution in [0.2, 0.25) is 5.02 Å². The zero-order chi connectivity index (χ0) is 14.1. The van der Waals surface area contributed by atoms with Crippen LogP contribution >= 0.6 is 11.6 Å². The van der Waals surface area contributed by atoms with Gasteiger partial charge in [-0.25, -0.2) is 0 Å². The first-order valence-electron chi connectivity index (χ1n) is 7.21. The molecule has 2 heteroatoms. The highest BCUT2D eigenvalue weighted by molar-refractivity contribution is 6.31. The quantitative estimate of drug-likeness (QED) is 0.855. The van der Waals surface area contributed by atoms with Crippen molar-refractivity contribution in [1.29, 1.82) is 0 Å². The van der Waals surface area contributed by atoms with Crippen LogP contribution in [-0.4, -0.2) is 5.11 Å². The molecule has 3 rings (SSSR count). The number of aliphatic hydroxyl groups excluding tert-OH is 1. The van der Waals surface area contributed by atoms with Crippen LogP contribution in [0.25, 0.3) is 0 Å². The normalized spacial score (nSPS) is 15.8. The van der Waals surface area contributed by atoms with Crippen LogP contribution in [-0.2, 0) is 12.8 Å². The number of benzene rings is 2. The SMILES string of the molecule is Cc1ccc(C(O)c2ccc3c(c2)CCCC3)cc1Cl. The Labute approximate surface area is 125 Å². The summed E-state index contributed by atoms with van der Waals surface area (Å²) in [5, 5.41) is 11.3. The van der Waals surface area contributed by atoms with Gasteiger partial charge in [-0.15, -0.1) is 0 Å². The van der Waals surface area contributed by atoms with E-state index in [1.165, 1.54) is 30.4 Å². The van der Waals surface area contributed by atoms with Gasteiger partial charge in [-0.2, -0.15) is 0 Å². The molecule has 1 nitrogen and oxygen atoms in total. The van der Waals surface area contributed by atoms with E-state index in [0.717, 1.165) is 23.1 Å². The number of rotatable bonds is 2. The fourth-order valence-electron chi connectivity index (χ4n) is 2.90. The number of aryl methyl sites for hydroxylation is 3. The molecule has 0 fully saturated rings. The van der Waals surface area contributed by atoms with Gasteiger partial charge in [0.15, 0.2) is 0 Å². The van der Waals surface area contributed by atoms with Crippen molar-refractivity contribution in [3.05, 3.63) is 69.2 Å². The average molecular weight is 287 g/mol. The first kappa shape index (κ1) is 13.7. The van der Waals surface area contributed by atoms with Crippen LogP contribution in [0.1, 0.15) is 46.8 Å². The molecule has 1 unspecified atom stereocenters. The van der Waals surface area contributed by atoms with Gasteiger partial charge in [0.2, 0.25) is 0 Å². The molecule has 1 aliphatic carbocycles. The van der Waals surface area contributed by atoms with Gasteiger partial charge < -0.3 is 5.11 Å². The summed E-state index contributed by atoms with van der Waals surface area (Å²) < 4.78 is 0. The van der Waals surface area contributed by atoms with E-state index in [1.54, 1.807) is 0 Å². The molecule has 104 valence electrons. The van der Waals surface area contributed by atoms with Gasteiger partial charge in [0.1, 0.15) is 6.10 Å². The van der Waals surface area contributed by atoms with Gasteiger partial charge in [0.05, 0.1) is 0 Å². The van der Waals surface area contributed by atoms with Gasteiger partial charge in [-0.3, -0.25) is 0 Å². The zero-order valence-corrected chi connectivity index (χ0v) is 12.5. The van der Waals surface area contributed by atoms with Crippen LogP contribution in [0.15, 0.2) is 36.4 Å². The molecule has 0 spiro atoms. The molecule has 0 radical (unpaired) electrons. The Morgan fingerprint density at radius 3 is 2.35 bits per heavy atom. The molecule has 0 bridgehead atoms. The molecule has 20 heavy (non-hydrogen) atoms. The molecule has 0 amide bonds. The monoisotopic (exact) mass is 286 g/mol. The molecule has 0 saturated heterocycles. The second-order valence-corrected chi connectivity index (χ2v) is 6.05. The highest BCUT2D eigenvalue weighted by atomic mass is 35.5. The summed E-state index contributed by atoms with van der Waals surface area (Å²) >= 11 is 6.15. The van der Waals surface area contributed by atoms with E-state index in [1.807, 2.05) is 31.2 Å². The number of hydrogen-bond donors (Lipinski definition) is 1.